The minimum absolute atomic E-state index is 0.0223. The SMILES string of the molecule is CC(C)N(N)C(=N)c1cccc(NC(=O)c2cc3sc(NC4CC4)nc3cc2F)n1. The van der Waals surface area contributed by atoms with Crippen molar-refractivity contribution in [1.82, 2.24) is 15.0 Å². The summed E-state index contributed by atoms with van der Waals surface area (Å²) in [6.07, 6.45) is 2.22. The Morgan fingerprint density at radius 1 is 1.33 bits per heavy atom. The predicted octanol–water partition coefficient (Wildman–Crippen LogP) is 3.57. The summed E-state index contributed by atoms with van der Waals surface area (Å²) >= 11 is 1.39. The van der Waals surface area contributed by atoms with Crippen LogP contribution in [0.1, 0.15) is 42.7 Å². The van der Waals surface area contributed by atoms with E-state index >= 15 is 0 Å². The number of hydrogen-bond acceptors (Lipinski definition) is 7. The number of thiazole rings is 1. The van der Waals surface area contributed by atoms with E-state index in [2.05, 4.69) is 20.6 Å². The smallest absolute Gasteiger partial charge is 0.259 e. The molecule has 1 amide bonds. The lowest BCUT2D eigenvalue weighted by Gasteiger charge is -2.23. The number of amides is 1. The second-order valence-corrected chi connectivity index (χ2v) is 8.48. The highest BCUT2D eigenvalue weighted by Crippen LogP contribution is 2.32. The molecule has 1 aliphatic rings. The molecule has 5 N–H and O–H groups in total. The average Bonchev–Trinajstić information content (AvgIpc) is 3.44. The fourth-order valence-electron chi connectivity index (χ4n) is 2.80. The molecule has 0 unspecified atom stereocenters. The van der Waals surface area contributed by atoms with Crippen molar-refractivity contribution < 1.29 is 9.18 Å². The maximum atomic E-state index is 14.6. The standard InChI is InChI=1S/C20H22FN7OS/c1-10(2)28(23)18(22)14-4-3-5-17(25-14)27-19(29)12-8-16-15(9-13(12)21)26-20(30-16)24-11-6-7-11/h3-5,8-11,22H,6-7,23H2,1-2H3,(H,24,26)(H,25,27,29). The number of amidine groups is 1. The molecule has 30 heavy (non-hydrogen) atoms. The number of carbonyl (C=O) groups is 1. The Morgan fingerprint density at radius 3 is 2.80 bits per heavy atom. The normalized spacial score (nSPS) is 13.5. The molecule has 8 nitrogen and oxygen atoms in total. The summed E-state index contributed by atoms with van der Waals surface area (Å²) in [6, 6.07) is 7.98. The Balaban J connectivity index is 1.54. The largest absolute Gasteiger partial charge is 0.359 e. The van der Waals surface area contributed by atoms with Gasteiger partial charge in [0, 0.05) is 18.2 Å². The number of fused-ring (bicyclic) bond motifs is 1. The Kier molecular flexibility index (Phi) is 5.35. The van der Waals surface area contributed by atoms with Crippen molar-refractivity contribution in [3.8, 4) is 0 Å². The topological polar surface area (TPSA) is 120 Å². The Labute approximate surface area is 176 Å². The van der Waals surface area contributed by atoms with E-state index in [1.54, 1.807) is 18.2 Å². The van der Waals surface area contributed by atoms with E-state index in [-0.39, 0.29) is 23.3 Å². The fraction of sp³-hybridized carbons (Fsp3) is 0.300. The van der Waals surface area contributed by atoms with Crippen molar-refractivity contribution in [1.29, 1.82) is 5.41 Å². The zero-order valence-electron chi connectivity index (χ0n) is 16.6. The molecular weight excluding hydrogens is 405 g/mol. The highest BCUT2D eigenvalue weighted by atomic mass is 32.1. The fourth-order valence-corrected chi connectivity index (χ4v) is 3.76. The van der Waals surface area contributed by atoms with Crippen LogP contribution in [0.4, 0.5) is 15.3 Å². The van der Waals surface area contributed by atoms with Gasteiger partial charge in [-0.2, -0.15) is 0 Å². The summed E-state index contributed by atoms with van der Waals surface area (Å²) in [7, 11) is 0. The number of halogens is 1. The lowest BCUT2D eigenvalue weighted by Crippen LogP contribution is -2.43. The van der Waals surface area contributed by atoms with Crippen LogP contribution in [0.15, 0.2) is 30.3 Å². The van der Waals surface area contributed by atoms with Crippen molar-refractivity contribution in [2.75, 3.05) is 10.6 Å². The number of aromatic nitrogens is 2. The molecule has 1 saturated carbocycles. The van der Waals surface area contributed by atoms with Crippen molar-refractivity contribution in [2.24, 2.45) is 5.84 Å². The second kappa shape index (κ2) is 7.96. The van der Waals surface area contributed by atoms with Gasteiger partial charge in [-0.25, -0.2) is 20.2 Å². The minimum atomic E-state index is -0.653. The molecule has 0 atom stereocenters. The molecule has 3 aromatic rings. The van der Waals surface area contributed by atoms with E-state index in [0.717, 1.165) is 22.7 Å². The number of nitrogens with two attached hydrogens (primary N) is 1. The summed E-state index contributed by atoms with van der Waals surface area (Å²) in [5.41, 5.74) is 0.731. The summed E-state index contributed by atoms with van der Waals surface area (Å²) < 4.78 is 15.3. The van der Waals surface area contributed by atoms with Crippen molar-refractivity contribution in [2.45, 2.75) is 38.8 Å². The maximum absolute atomic E-state index is 14.6. The number of nitrogens with one attached hydrogen (secondary N) is 3. The van der Waals surface area contributed by atoms with Crippen molar-refractivity contribution >= 4 is 44.2 Å². The maximum Gasteiger partial charge on any atom is 0.259 e. The van der Waals surface area contributed by atoms with Crippen molar-refractivity contribution in [3.63, 3.8) is 0 Å². The van der Waals surface area contributed by atoms with Crippen LogP contribution in [0.3, 0.4) is 0 Å². The number of rotatable bonds is 6. The molecule has 0 spiro atoms. The quantitative estimate of drug-likeness (QED) is 0.207. The molecule has 2 heterocycles. The van der Waals surface area contributed by atoms with E-state index < -0.39 is 11.7 Å². The van der Waals surface area contributed by atoms with Crippen LogP contribution in [0.5, 0.6) is 0 Å². The van der Waals surface area contributed by atoms with E-state index in [9.17, 15) is 9.18 Å². The van der Waals surface area contributed by atoms with Gasteiger partial charge < -0.3 is 10.6 Å². The number of pyridine rings is 1. The summed E-state index contributed by atoms with van der Waals surface area (Å²) in [5.74, 6) is 4.82. The monoisotopic (exact) mass is 427 g/mol. The molecular formula is C20H22FN7OS. The van der Waals surface area contributed by atoms with Gasteiger partial charge in [0.2, 0.25) is 0 Å². The first-order valence-electron chi connectivity index (χ1n) is 9.59. The van der Waals surface area contributed by atoms with E-state index in [1.807, 2.05) is 13.8 Å². The van der Waals surface area contributed by atoms with Crippen LogP contribution >= 0.6 is 11.3 Å². The number of hydrazine groups is 1. The Bertz CT molecular complexity index is 1130. The molecule has 1 aliphatic carbocycles. The van der Waals surface area contributed by atoms with Crippen molar-refractivity contribution in [3.05, 3.63) is 47.4 Å². The van der Waals surface area contributed by atoms with E-state index in [1.165, 1.54) is 28.5 Å². The first-order valence-corrected chi connectivity index (χ1v) is 10.4. The zero-order chi connectivity index (χ0) is 21.4. The van der Waals surface area contributed by atoms with Gasteiger partial charge in [-0.1, -0.05) is 17.4 Å². The van der Waals surface area contributed by atoms with Crippen LogP contribution in [0.25, 0.3) is 10.2 Å². The number of benzene rings is 1. The molecule has 0 aliphatic heterocycles. The van der Waals surface area contributed by atoms with E-state index in [4.69, 9.17) is 11.3 Å². The number of hydrogen-bond donors (Lipinski definition) is 4. The first kappa shape index (κ1) is 20.2. The van der Waals surface area contributed by atoms with Gasteiger partial charge in [0.25, 0.3) is 5.91 Å². The molecule has 0 bridgehead atoms. The minimum Gasteiger partial charge on any atom is -0.359 e. The van der Waals surface area contributed by atoms with Crippen LogP contribution < -0.4 is 16.5 Å². The molecule has 2 aromatic heterocycles. The van der Waals surface area contributed by atoms with Crippen LogP contribution in [0, 0.1) is 11.2 Å². The van der Waals surface area contributed by atoms with E-state index in [0.29, 0.717) is 17.3 Å². The molecule has 1 aromatic carbocycles. The highest BCUT2D eigenvalue weighted by Gasteiger charge is 2.23. The molecule has 156 valence electrons. The van der Waals surface area contributed by atoms with Gasteiger partial charge in [-0.05, 0) is 44.9 Å². The number of carbonyl (C=O) groups excluding carboxylic acids is 1. The van der Waals surface area contributed by atoms with Gasteiger partial charge in [-0.3, -0.25) is 15.2 Å². The first-order chi connectivity index (χ1) is 14.3. The third-order valence-corrected chi connectivity index (χ3v) is 5.62. The highest BCUT2D eigenvalue weighted by molar-refractivity contribution is 7.22. The molecule has 0 saturated heterocycles. The molecule has 4 rings (SSSR count). The van der Waals surface area contributed by atoms with Gasteiger partial charge in [0.1, 0.15) is 17.3 Å². The molecule has 1 fully saturated rings. The summed E-state index contributed by atoms with van der Waals surface area (Å²) in [5, 5.41) is 16.0. The van der Waals surface area contributed by atoms with Crippen LogP contribution in [-0.4, -0.2) is 38.8 Å². The summed E-state index contributed by atoms with van der Waals surface area (Å²) in [6.45, 7) is 3.70. The van der Waals surface area contributed by atoms with Gasteiger partial charge in [-0.15, -0.1) is 0 Å². The summed E-state index contributed by atoms with van der Waals surface area (Å²) in [4.78, 5) is 21.3. The zero-order valence-corrected chi connectivity index (χ0v) is 17.4. The van der Waals surface area contributed by atoms with Gasteiger partial charge >= 0.3 is 0 Å². The predicted molar refractivity (Wildman–Crippen MR) is 116 cm³/mol. The van der Waals surface area contributed by atoms with Gasteiger partial charge in [0.15, 0.2) is 11.0 Å². The number of nitrogens with zero attached hydrogens (tertiary/aromatic N) is 3. The molecule has 10 heteroatoms. The number of anilines is 2. The lowest BCUT2D eigenvalue weighted by atomic mass is 10.2. The van der Waals surface area contributed by atoms with Crippen LogP contribution in [0.2, 0.25) is 0 Å². The lowest BCUT2D eigenvalue weighted by molar-refractivity contribution is 0.102. The van der Waals surface area contributed by atoms with Gasteiger partial charge in [0.05, 0.1) is 15.8 Å². The average molecular weight is 428 g/mol. The third kappa shape index (κ3) is 4.24. The Morgan fingerprint density at radius 2 is 2.10 bits per heavy atom. The van der Waals surface area contributed by atoms with Crippen LogP contribution in [-0.2, 0) is 0 Å². The Hall–Kier alpha value is -3.11. The third-order valence-electron chi connectivity index (χ3n) is 4.67. The second-order valence-electron chi connectivity index (χ2n) is 7.45. The molecule has 0 radical (unpaired) electrons.